The fourth-order valence-electron chi connectivity index (χ4n) is 4.16. The number of para-hydroxylation sites is 2. The number of hydrogen-bond donors (Lipinski definition) is 1. The largest absolute Gasteiger partial charge is 0.492 e. The van der Waals surface area contributed by atoms with Crippen molar-refractivity contribution in [3.8, 4) is 0 Å². The molecule has 1 N–H and O–H groups in total. The van der Waals surface area contributed by atoms with Crippen LogP contribution in [0.15, 0.2) is 76.7 Å². The summed E-state index contributed by atoms with van der Waals surface area (Å²) >= 11 is 0. The molecule has 0 amide bonds. The smallest absolute Gasteiger partial charge is 0.233 e. The Kier molecular flexibility index (Phi) is 18.6. The summed E-state index contributed by atoms with van der Waals surface area (Å²) in [5.41, 5.74) is 8.12. The maximum Gasteiger partial charge on any atom is 0.233 e. The maximum atomic E-state index is 10.9. The van der Waals surface area contributed by atoms with Gasteiger partial charge in [-0.15, -0.1) is 12.1 Å². The molecule has 0 radical (unpaired) electrons. The Hall–Kier alpha value is -2.41. The van der Waals surface area contributed by atoms with Crippen LogP contribution in [0.2, 0.25) is 0 Å². The number of aliphatic hydroxyl groups excluding tert-OH is 1. The van der Waals surface area contributed by atoms with E-state index in [1.54, 1.807) is 0 Å². The van der Waals surface area contributed by atoms with Gasteiger partial charge in [-0.25, -0.2) is 9.98 Å². The topological polar surface area (TPSA) is 45.0 Å². The van der Waals surface area contributed by atoms with Crippen LogP contribution in [0, 0.1) is 6.92 Å². The summed E-state index contributed by atoms with van der Waals surface area (Å²) in [5, 5.41) is 10.9. The number of nitrogens with zero attached hydrogens (tertiary/aromatic N) is 2. The molecule has 3 aromatic rings. The number of benzene rings is 3. The second-order valence-electron chi connectivity index (χ2n) is 12.3. The van der Waals surface area contributed by atoms with Crippen molar-refractivity contribution in [3.63, 3.8) is 0 Å². The van der Waals surface area contributed by atoms with Crippen LogP contribution >= 0.6 is 7.92 Å². The molecule has 0 heterocycles. The van der Waals surface area contributed by atoms with Crippen LogP contribution in [0.1, 0.15) is 114 Å². The molecule has 3 rings (SSSR count). The minimum atomic E-state index is -0.0155. The average molecular weight is 634 g/mol. The minimum Gasteiger partial charge on any atom is -0.492 e. The standard InChI is InChI=1S/C27H38N2O.C7H7.C3H9P.Ni/c1-16(2)21-12-10-13-22(17(3)4)25(21)28-20(9)27(30)29-26-23(18(5)6)14-11-15-24(26)19(7)8;1-7-5-3-2-4-6-7;1-4(2)3;/h10-19H,1-9H3,(H,29,30);2-6H,1H2;1-3H3;/q;-1;;/p+1. The first-order chi connectivity index (χ1) is 19.2. The molecular formula is C37H55N2NiOP. The summed E-state index contributed by atoms with van der Waals surface area (Å²) in [5.74, 6) is 1.33. The van der Waals surface area contributed by atoms with E-state index >= 15 is 0 Å². The number of aliphatic hydroxyl groups is 1. The van der Waals surface area contributed by atoms with Gasteiger partial charge in [0.1, 0.15) is 0 Å². The molecule has 0 saturated carbocycles. The van der Waals surface area contributed by atoms with Crippen molar-refractivity contribution >= 4 is 30.9 Å². The van der Waals surface area contributed by atoms with Gasteiger partial charge in [0.25, 0.3) is 0 Å². The Morgan fingerprint density at radius 3 is 1.17 bits per heavy atom. The normalized spacial score (nSPS) is 11.7. The van der Waals surface area contributed by atoms with E-state index in [0.717, 1.165) is 28.1 Å². The fraction of sp³-hybridized carbons (Fsp3) is 0.432. The van der Waals surface area contributed by atoms with Gasteiger partial charge in [-0.2, -0.15) is 24.6 Å². The zero-order valence-electron chi connectivity index (χ0n) is 28.0. The molecule has 5 heteroatoms. The second-order valence-corrected chi connectivity index (χ2v) is 15.3. The van der Waals surface area contributed by atoms with Crippen LogP contribution in [-0.2, 0) is 16.5 Å². The van der Waals surface area contributed by atoms with Crippen LogP contribution in [0.4, 0.5) is 11.4 Å². The molecule has 3 aromatic carbocycles. The van der Waals surface area contributed by atoms with Gasteiger partial charge < -0.3 is 5.11 Å². The molecule has 0 atom stereocenters. The third-order valence-electron chi connectivity index (χ3n) is 6.35. The van der Waals surface area contributed by atoms with Crippen LogP contribution in [0.25, 0.3) is 0 Å². The van der Waals surface area contributed by atoms with Crippen molar-refractivity contribution in [2.24, 2.45) is 9.98 Å². The molecule has 0 unspecified atom stereocenters. The molecule has 0 spiro atoms. The van der Waals surface area contributed by atoms with E-state index in [4.69, 9.17) is 4.99 Å². The molecule has 3 nitrogen and oxygen atoms in total. The molecule has 42 heavy (non-hydrogen) atoms. The van der Waals surface area contributed by atoms with Gasteiger partial charge in [-0.3, -0.25) is 0 Å². The van der Waals surface area contributed by atoms with E-state index in [0.29, 0.717) is 29.4 Å². The van der Waals surface area contributed by atoms with Gasteiger partial charge in [0.05, 0.1) is 17.1 Å². The van der Waals surface area contributed by atoms with Crippen molar-refractivity contribution in [3.05, 3.63) is 101 Å². The minimum absolute atomic E-state index is 0. The second kappa shape index (κ2) is 19.7. The first-order valence-corrected chi connectivity index (χ1v) is 17.9. The monoisotopic (exact) mass is 632 g/mol. The predicted molar refractivity (Wildman–Crippen MR) is 189 cm³/mol. The Morgan fingerprint density at radius 2 is 0.905 bits per heavy atom. The molecule has 0 aromatic heterocycles. The van der Waals surface area contributed by atoms with Crippen molar-refractivity contribution in [1.82, 2.24) is 0 Å². The first kappa shape index (κ1) is 39.6. The van der Waals surface area contributed by atoms with Crippen molar-refractivity contribution < 1.29 is 21.6 Å². The van der Waals surface area contributed by atoms with E-state index < -0.39 is 0 Å². The molecule has 0 aliphatic heterocycles. The van der Waals surface area contributed by atoms with Gasteiger partial charge in [0.15, 0.2) is 0 Å². The average Bonchev–Trinajstić information content (AvgIpc) is 2.88. The predicted octanol–water partition coefficient (Wildman–Crippen LogP) is 11.5. The van der Waals surface area contributed by atoms with Gasteiger partial charge in [-0.05, 0) is 60.8 Å². The molecule has 0 aliphatic carbocycles. The van der Waals surface area contributed by atoms with Crippen molar-refractivity contribution in [1.29, 1.82) is 0 Å². The quantitative estimate of drug-likeness (QED) is 0.0909. The third-order valence-corrected chi connectivity index (χ3v) is 6.35. The van der Waals surface area contributed by atoms with Crippen LogP contribution < -0.4 is 0 Å². The van der Waals surface area contributed by atoms with Gasteiger partial charge >= 0.3 is 0 Å². The van der Waals surface area contributed by atoms with Crippen molar-refractivity contribution in [2.45, 2.75) is 86.0 Å². The Labute approximate surface area is 269 Å². The van der Waals surface area contributed by atoms with E-state index in [9.17, 15) is 5.11 Å². The van der Waals surface area contributed by atoms with Gasteiger partial charge in [0, 0.05) is 36.5 Å². The van der Waals surface area contributed by atoms with Gasteiger partial charge in [-0.1, -0.05) is 97.9 Å². The Balaban J connectivity index is 0.00000117. The summed E-state index contributed by atoms with van der Waals surface area (Å²) < 4.78 is 0. The fourth-order valence-corrected chi connectivity index (χ4v) is 4.16. The first-order valence-electron chi connectivity index (χ1n) is 14.9. The van der Waals surface area contributed by atoms with E-state index in [1.165, 1.54) is 11.1 Å². The molecule has 0 saturated heterocycles. The van der Waals surface area contributed by atoms with Gasteiger partial charge in [0.2, 0.25) is 5.90 Å². The van der Waals surface area contributed by atoms with Crippen LogP contribution in [0.5, 0.6) is 0 Å². The zero-order valence-corrected chi connectivity index (χ0v) is 30.0. The van der Waals surface area contributed by atoms with E-state index in [-0.39, 0.29) is 30.3 Å². The number of hydrogen-bond acceptors (Lipinski definition) is 2. The van der Waals surface area contributed by atoms with Crippen LogP contribution in [0.3, 0.4) is 0 Å². The molecular weight excluding hydrogens is 578 g/mol. The molecule has 0 fully saturated rings. The Morgan fingerprint density at radius 1 is 0.595 bits per heavy atom. The number of rotatable bonds is 7. The molecule has 0 aliphatic rings. The summed E-state index contributed by atoms with van der Waals surface area (Å²) in [6.07, 6.45) is 0. The number of aliphatic imine (C=N–C) groups is 2. The summed E-state index contributed by atoms with van der Waals surface area (Å²) in [7, 11) is 0.120. The van der Waals surface area contributed by atoms with E-state index in [1.807, 2.05) is 37.3 Å². The van der Waals surface area contributed by atoms with Crippen molar-refractivity contribution in [2.75, 3.05) is 20.0 Å². The zero-order chi connectivity index (χ0) is 31.3. The summed E-state index contributed by atoms with van der Waals surface area (Å²) in [6, 6.07) is 22.5. The summed E-state index contributed by atoms with van der Waals surface area (Å²) in [4.78, 5) is 9.57. The molecule has 0 bridgehead atoms. The maximum absolute atomic E-state index is 10.9. The van der Waals surface area contributed by atoms with E-state index in [2.05, 4.69) is 124 Å². The Bertz CT molecular complexity index is 1130. The third kappa shape index (κ3) is 13.3. The molecule has 234 valence electrons. The summed E-state index contributed by atoms with van der Waals surface area (Å²) in [6.45, 7) is 29.7. The SMILES string of the molecule is CC(=Nc1c(C(C)C)cccc1C(C)C)C(O)=Nc1c(C(C)C)cccc1C(C)C.C[PH+](C)C.[CH2-]c1ccccc1.[Ni]. The van der Waals surface area contributed by atoms with Crippen LogP contribution in [-0.4, -0.2) is 36.7 Å².